The first-order chi connectivity index (χ1) is 11.5. The minimum atomic E-state index is -0.217. The minimum absolute atomic E-state index is 0.0803. The highest BCUT2D eigenvalue weighted by molar-refractivity contribution is 5.91. The molecule has 0 saturated heterocycles. The number of carbonyl (C=O) groups excluding carboxylic acids is 1. The summed E-state index contributed by atoms with van der Waals surface area (Å²) in [5.41, 5.74) is 3.08. The SMILES string of the molecule is Cc1cc(C)n(Cc2ccc(C(=O)NC(C)c3ccccc3)o2)n1. The summed E-state index contributed by atoms with van der Waals surface area (Å²) in [5.74, 6) is 0.805. The summed E-state index contributed by atoms with van der Waals surface area (Å²) in [6.45, 7) is 6.42. The van der Waals surface area contributed by atoms with E-state index >= 15 is 0 Å². The highest BCUT2D eigenvalue weighted by Crippen LogP contribution is 2.15. The van der Waals surface area contributed by atoms with Crippen LogP contribution in [0, 0.1) is 13.8 Å². The molecule has 1 aromatic carbocycles. The number of benzene rings is 1. The number of hydrogen-bond donors (Lipinski definition) is 1. The molecule has 1 amide bonds. The molecule has 3 aromatic rings. The Hall–Kier alpha value is -2.82. The molecule has 2 aromatic heterocycles. The molecule has 5 heteroatoms. The molecule has 2 heterocycles. The predicted octanol–water partition coefficient (Wildman–Crippen LogP) is 3.63. The first-order valence-electron chi connectivity index (χ1n) is 7.98. The molecule has 1 atom stereocenters. The third-order valence-electron chi connectivity index (χ3n) is 3.94. The third kappa shape index (κ3) is 3.56. The highest BCUT2D eigenvalue weighted by atomic mass is 16.4. The van der Waals surface area contributed by atoms with E-state index in [-0.39, 0.29) is 11.9 Å². The Balaban J connectivity index is 1.66. The Bertz CT molecular complexity index is 833. The van der Waals surface area contributed by atoms with E-state index in [1.165, 1.54) is 0 Å². The van der Waals surface area contributed by atoms with E-state index in [0.717, 1.165) is 17.0 Å². The van der Waals surface area contributed by atoms with Crippen LogP contribution >= 0.6 is 0 Å². The number of nitrogens with one attached hydrogen (secondary N) is 1. The topological polar surface area (TPSA) is 60.1 Å². The average Bonchev–Trinajstić information content (AvgIpc) is 3.15. The number of furan rings is 1. The van der Waals surface area contributed by atoms with E-state index < -0.39 is 0 Å². The van der Waals surface area contributed by atoms with Gasteiger partial charge in [-0.15, -0.1) is 0 Å². The van der Waals surface area contributed by atoms with Crippen LogP contribution in [0.15, 0.2) is 52.9 Å². The molecule has 0 fully saturated rings. The summed E-state index contributed by atoms with van der Waals surface area (Å²) >= 11 is 0. The molecule has 0 spiro atoms. The van der Waals surface area contributed by atoms with Gasteiger partial charge in [0.1, 0.15) is 5.76 Å². The monoisotopic (exact) mass is 323 g/mol. The summed E-state index contributed by atoms with van der Waals surface area (Å²) < 4.78 is 7.54. The van der Waals surface area contributed by atoms with Crippen molar-refractivity contribution in [2.45, 2.75) is 33.4 Å². The fraction of sp³-hybridized carbons (Fsp3) is 0.263. The standard InChI is InChI=1S/C19H21N3O2/c1-13-11-14(2)22(21-13)12-17-9-10-18(24-17)19(23)20-15(3)16-7-5-4-6-8-16/h4-11,15H,12H2,1-3H3,(H,20,23). The molecule has 3 rings (SSSR count). The Morgan fingerprint density at radius 2 is 1.96 bits per heavy atom. The van der Waals surface area contributed by atoms with Crippen LogP contribution in [0.2, 0.25) is 0 Å². The van der Waals surface area contributed by atoms with Gasteiger partial charge in [-0.25, -0.2) is 0 Å². The van der Waals surface area contributed by atoms with Crippen molar-refractivity contribution < 1.29 is 9.21 Å². The molecule has 0 bridgehead atoms. The van der Waals surface area contributed by atoms with E-state index in [2.05, 4.69) is 10.4 Å². The van der Waals surface area contributed by atoms with Crippen molar-refractivity contribution in [1.29, 1.82) is 0 Å². The van der Waals surface area contributed by atoms with Gasteiger partial charge in [0.15, 0.2) is 5.76 Å². The van der Waals surface area contributed by atoms with Crippen molar-refractivity contribution in [3.63, 3.8) is 0 Å². The lowest BCUT2D eigenvalue weighted by atomic mass is 10.1. The summed E-state index contributed by atoms with van der Waals surface area (Å²) in [7, 11) is 0. The van der Waals surface area contributed by atoms with Gasteiger partial charge in [0.05, 0.1) is 18.3 Å². The number of rotatable bonds is 5. The maximum Gasteiger partial charge on any atom is 0.287 e. The molecule has 0 aliphatic rings. The van der Waals surface area contributed by atoms with Gasteiger partial charge < -0.3 is 9.73 Å². The molecule has 5 nitrogen and oxygen atoms in total. The first kappa shape index (κ1) is 16.1. The van der Waals surface area contributed by atoms with Crippen LogP contribution in [-0.4, -0.2) is 15.7 Å². The zero-order valence-corrected chi connectivity index (χ0v) is 14.1. The number of aryl methyl sites for hydroxylation is 2. The maximum atomic E-state index is 12.3. The number of amides is 1. The Morgan fingerprint density at radius 3 is 2.62 bits per heavy atom. The van der Waals surface area contributed by atoms with Crippen molar-refractivity contribution in [1.82, 2.24) is 15.1 Å². The van der Waals surface area contributed by atoms with Crippen molar-refractivity contribution in [3.8, 4) is 0 Å². The molecular formula is C19H21N3O2. The van der Waals surface area contributed by atoms with Crippen LogP contribution in [-0.2, 0) is 6.54 Å². The largest absolute Gasteiger partial charge is 0.454 e. The van der Waals surface area contributed by atoms with Gasteiger partial charge >= 0.3 is 0 Å². The molecule has 1 N–H and O–H groups in total. The smallest absolute Gasteiger partial charge is 0.287 e. The van der Waals surface area contributed by atoms with Gasteiger partial charge in [-0.3, -0.25) is 9.48 Å². The van der Waals surface area contributed by atoms with E-state index in [1.54, 1.807) is 6.07 Å². The normalized spacial score (nSPS) is 12.1. The van der Waals surface area contributed by atoms with Crippen LogP contribution < -0.4 is 5.32 Å². The Kier molecular flexibility index (Phi) is 4.51. The second-order valence-electron chi connectivity index (χ2n) is 5.96. The number of nitrogens with zero attached hydrogens (tertiary/aromatic N) is 2. The van der Waals surface area contributed by atoms with E-state index in [1.807, 2.05) is 67.9 Å². The average molecular weight is 323 g/mol. The number of hydrogen-bond acceptors (Lipinski definition) is 3. The molecule has 0 aliphatic heterocycles. The fourth-order valence-corrected chi connectivity index (χ4v) is 2.66. The number of aromatic nitrogens is 2. The van der Waals surface area contributed by atoms with Gasteiger partial charge in [-0.1, -0.05) is 30.3 Å². The molecule has 124 valence electrons. The van der Waals surface area contributed by atoms with Crippen LogP contribution in [0.4, 0.5) is 0 Å². The van der Waals surface area contributed by atoms with Crippen molar-refractivity contribution in [2.24, 2.45) is 0 Å². The summed E-state index contributed by atoms with van der Waals surface area (Å²) in [6, 6.07) is 15.3. The number of carbonyl (C=O) groups is 1. The van der Waals surface area contributed by atoms with Gasteiger partial charge in [-0.05, 0) is 44.5 Å². The molecular weight excluding hydrogens is 302 g/mol. The van der Waals surface area contributed by atoms with Crippen LogP contribution in [0.1, 0.15) is 46.2 Å². The summed E-state index contributed by atoms with van der Waals surface area (Å²) in [5, 5.41) is 7.35. The molecule has 0 saturated carbocycles. The van der Waals surface area contributed by atoms with Crippen LogP contribution in [0.3, 0.4) is 0 Å². The highest BCUT2D eigenvalue weighted by Gasteiger charge is 2.15. The van der Waals surface area contributed by atoms with E-state index in [0.29, 0.717) is 18.1 Å². The fourth-order valence-electron chi connectivity index (χ4n) is 2.66. The second-order valence-corrected chi connectivity index (χ2v) is 5.96. The molecule has 1 unspecified atom stereocenters. The lowest BCUT2D eigenvalue weighted by Crippen LogP contribution is -2.26. The van der Waals surface area contributed by atoms with Gasteiger partial charge in [0.25, 0.3) is 5.91 Å². The Labute approximate surface area is 141 Å². The maximum absolute atomic E-state index is 12.3. The minimum Gasteiger partial charge on any atom is -0.454 e. The van der Waals surface area contributed by atoms with Gasteiger partial charge in [-0.2, -0.15) is 5.10 Å². The summed E-state index contributed by atoms with van der Waals surface area (Å²) in [6.07, 6.45) is 0. The van der Waals surface area contributed by atoms with Gasteiger partial charge in [0, 0.05) is 5.69 Å². The van der Waals surface area contributed by atoms with Crippen molar-refractivity contribution in [3.05, 3.63) is 77.0 Å². The lowest BCUT2D eigenvalue weighted by molar-refractivity contribution is 0.0909. The van der Waals surface area contributed by atoms with Gasteiger partial charge in [0.2, 0.25) is 0 Å². The van der Waals surface area contributed by atoms with Crippen molar-refractivity contribution in [2.75, 3.05) is 0 Å². The first-order valence-corrected chi connectivity index (χ1v) is 7.98. The zero-order valence-electron chi connectivity index (χ0n) is 14.1. The lowest BCUT2D eigenvalue weighted by Gasteiger charge is -2.13. The second kappa shape index (κ2) is 6.74. The quantitative estimate of drug-likeness (QED) is 0.780. The van der Waals surface area contributed by atoms with E-state index in [4.69, 9.17) is 4.42 Å². The zero-order chi connectivity index (χ0) is 17.1. The van der Waals surface area contributed by atoms with Crippen LogP contribution in [0.5, 0.6) is 0 Å². The molecule has 0 radical (unpaired) electrons. The summed E-state index contributed by atoms with van der Waals surface area (Å²) in [4.78, 5) is 12.3. The van der Waals surface area contributed by atoms with E-state index in [9.17, 15) is 4.79 Å². The predicted molar refractivity (Wildman–Crippen MR) is 91.8 cm³/mol. The van der Waals surface area contributed by atoms with Crippen LogP contribution in [0.25, 0.3) is 0 Å². The molecule has 24 heavy (non-hydrogen) atoms. The molecule has 0 aliphatic carbocycles. The third-order valence-corrected chi connectivity index (χ3v) is 3.94. The van der Waals surface area contributed by atoms with Crippen molar-refractivity contribution >= 4 is 5.91 Å². The Morgan fingerprint density at radius 1 is 1.21 bits per heavy atom.